The maximum absolute atomic E-state index is 12.4. The summed E-state index contributed by atoms with van der Waals surface area (Å²) in [6, 6.07) is 7.19. The molecule has 1 aromatic rings. The van der Waals surface area contributed by atoms with E-state index in [0.717, 1.165) is 10.2 Å². The lowest BCUT2D eigenvalue weighted by molar-refractivity contribution is -0.117. The first-order valence-corrected chi connectivity index (χ1v) is 12.9. The molecule has 0 aliphatic carbocycles. The predicted octanol–water partition coefficient (Wildman–Crippen LogP) is 2.97. The second-order valence-corrected chi connectivity index (χ2v) is 12.4. The topological polar surface area (TPSA) is 105 Å². The van der Waals surface area contributed by atoms with Gasteiger partial charge < -0.3 is 15.0 Å². The Balaban J connectivity index is 1.70. The molecule has 2 fully saturated rings. The number of benzene rings is 1. The minimum atomic E-state index is -3.12. The number of halogens is 1. The van der Waals surface area contributed by atoms with Gasteiger partial charge in [0.2, 0.25) is 5.91 Å². The van der Waals surface area contributed by atoms with Gasteiger partial charge in [0.1, 0.15) is 5.60 Å². The van der Waals surface area contributed by atoms with Crippen LogP contribution in [0.25, 0.3) is 0 Å². The van der Waals surface area contributed by atoms with Gasteiger partial charge in [-0.2, -0.15) is 4.99 Å². The maximum Gasteiger partial charge on any atom is 0.407 e. The second kappa shape index (κ2) is 8.88. The Morgan fingerprint density at radius 2 is 1.93 bits per heavy atom. The van der Waals surface area contributed by atoms with Crippen molar-refractivity contribution in [3.63, 3.8) is 0 Å². The number of fused-ring (bicyclic) bond motifs is 1. The number of nitrogens with one attached hydrogen (secondary N) is 1. The normalized spacial score (nSPS) is 24.0. The molecular weight excluding hydrogens is 494 g/mol. The van der Waals surface area contributed by atoms with E-state index in [1.807, 2.05) is 29.2 Å². The van der Waals surface area contributed by atoms with Crippen molar-refractivity contribution in [3.05, 3.63) is 28.7 Å². The van der Waals surface area contributed by atoms with Crippen LogP contribution < -0.4 is 10.2 Å². The lowest BCUT2D eigenvalue weighted by atomic mass is 10.2. The van der Waals surface area contributed by atoms with Crippen molar-refractivity contribution >= 4 is 60.4 Å². The van der Waals surface area contributed by atoms with Gasteiger partial charge in [-0.3, -0.25) is 4.79 Å². The molecule has 2 saturated heterocycles. The van der Waals surface area contributed by atoms with E-state index in [-0.39, 0.29) is 35.8 Å². The van der Waals surface area contributed by atoms with Gasteiger partial charge in [0.25, 0.3) is 0 Å². The number of carbonyl (C=O) groups is 2. The van der Waals surface area contributed by atoms with Crippen LogP contribution in [0.15, 0.2) is 33.7 Å². The molecule has 1 N–H and O–H groups in total. The van der Waals surface area contributed by atoms with Crippen LogP contribution in [0.1, 0.15) is 27.2 Å². The monoisotopic (exact) mass is 517 g/mol. The minimum absolute atomic E-state index is 0.0190. The molecule has 2 heterocycles. The first kappa shape index (κ1) is 23.1. The number of amidine groups is 1. The molecule has 2 amide bonds. The molecule has 1 aromatic carbocycles. The summed E-state index contributed by atoms with van der Waals surface area (Å²) in [7, 11) is -3.12. The molecule has 2 aliphatic rings. The Labute approximate surface area is 188 Å². The van der Waals surface area contributed by atoms with Crippen LogP contribution in [0, 0.1) is 0 Å². The zero-order chi connectivity index (χ0) is 22.1. The average Bonchev–Trinajstić information content (AvgIpc) is 3.05. The van der Waals surface area contributed by atoms with Crippen LogP contribution in [0.3, 0.4) is 0 Å². The van der Waals surface area contributed by atoms with Gasteiger partial charge in [0.15, 0.2) is 15.0 Å². The molecule has 2 aliphatic heterocycles. The molecule has 0 aromatic heterocycles. The quantitative estimate of drug-likeness (QED) is 0.654. The zero-order valence-corrected chi connectivity index (χ0v) is 20.1. The number of anilines is 1. The zero-order valence-electron chi connectivity index (χ0n) is 16.9. The fourth-order valence-corrected chi connectivity index (χ4v) is 7.41. The minimum Gasteiger partial charge on any atom is -0.444 e. The smallest absolute Gasteiger partial charge is 0.407 e. The van der Waals surface area contributed by atoms with Crippen LogP contribution in [0.4, 0.5) is 10.5 Å². The lowest BCUT2D eigenvalue weighted by Crippen LogP contribution is -2.37. The summed E-state index contributed by atoms with van der Waals surface area (Å²) in [5.41, 5.74) is 0.173. The molecular formula is C19H24BrN3O5S2. The van der Waals surface area contributed by atoms with E-state index in [2.05, 4.69) is 26.2 Å². The number of amides is 2. The number of rotatable bonds is 4. The standard InChI is InChI=1S/C19H24BrN3O5S2/c1-19(2,3)28-18(25)21-9-8-16(24)22-17-23(13-6-4-12(20)5-7-13)14-10-30(26,27)11-15(14)29-17/h4-7,14-15H,8-11H2,1-3H3,(H,21,25)/t14-,15-/m1/s1. The van der Waals surface area contributed by atoms with Gasteiger partial charge in [-0.25, -0.2) is 13.2 Å². The molecule has 30 heavy (non-hydrogen) atoms. The van der Waals surface area contributed by atoms with E-state index in [1.165, 1.54) is 11.8 Å². The number of thioether (sulfide) groups is 1. The van der Waals surface area contributed by atoms with Gasteiger partial charge in [-0.1, -0.05) is 27.7 Å². The first-order valence-electron chi connectivity index (χ1n) is 9.44. The number of hydrogen-bond donors (Lipinski definition) is 1. The summed E-state index contributed by atoms with van der Waals surface area (Å²) in [4.78, 5) is 30.2. The molecule has 0 spiro atoms. The second-order valence-electron chi connectivity index (χ2n) is 8.11. The van der Waals surface area contributed by atoms with Gasteiger partial charge in [0.05, 0.1) is 17.5 Å². The number of aliphatic imine (C=N–C) groups is 1. The number of sulfone groups is 1. The molecule has 164 valence electrons. The van der Waals surface area contributed by atoms with Crippen molar-refractivity contribution in [2.45, 2.75) is 44.1 Å². The molecule has 8 nitrogen and oxygen atoms in total. The maximum atomic E-state index is 12.4. The van der Waals surface area contributed by atoms with Gasteiger partial charge >= 0.3 is 6.09 Å². The predicted molar refractivity (Wildman–Crippen MR) is 122 cm³/mol. The lowest BCUT2D eigenvalue weighted by Gasteiger charge is -2.24. The molecule has 2 atom stereocenters. The number of carbonyl (C=O) groups excluding carboxylic acids is 2. The van der Waals surface area contributed by atoms with E-state index in [1.54, 1.807) is 20.8 Å². The summed E-state index contributed by atoms with van der Waals surface area (Å²) in [5, 5.41) is 2.87. The average molecular weight is 518 g/mol. The number of alkyl carbamates (subject to hydrolysis) is 1. The Bertz CT molecular complexity index is 957. The third kappa shape index (κ3) is 5.98. The highest BCUT2D eigenvalue weighted by Gasteiger charge is 2.49. The van der Waals surface area contributed by atoms with Crippen molar-refractivity contribution in [1.29, 1.82) is 0 Å². The van der Waals surface area contributed by atoms with E-state index in [9.17, 15) is 18.0 Å². The van der Waals surface area contributed by atoms with Crippen molar-refractivity contribution in [1.82, 2.24) is 5.32 Å². The summed E-state index contributed by atoms with van der Waals surface area (Å²) < 4.78 is 30.2. The molecule has 0 saturated carbocycles. The highest BCUT2D eigenvalue weighted by molar-refractivity contribution is 9.10. The largest absolute Gasteiger partial charge is 0.444 e. The Morgan fingerprint density at radius 3 is 2.57 bits per heavy atom. The van der Waals surface area contributed by atoms with Crippen LogP contribution in [-0.2, 0) is 19.4 Å². The van der Waals surface area contributed by atoms with Gasteiger partial charge in [0, 0.05) is 28.4 Å². The first-order chi connectivity index (χ1) is 13.9. The van der Waals surface area contributed by atoms with Crippen LogP contribution >= 0.6 is 27.7 Å². The van der Waals surface area contributed by atoms with Crippen molar-refractivity contribution in [2.75, 3.05) is 23.0 Å². The third-order valence-corrected chi connectivity index (χ3v) is 8.14. The number of hydrogen-bond acceptors (Lipinski definition) is 6. The van der Waals surface area contributed by atoms with Crippen LogP contribution in [0.2, 0.25) is 0 Å². The molecule has 0 unspecified atom stereocenters. The molecule has 3 rings (SSSR count). The van der Waals surface area contributed by atoms with Crippen molar-refractivity contribution < 1.29 is 22.7 Å². The summed E-state index contributed by atoms with van der Waals surface area (Å²) in [6.07, 6.45) is -0.570. The molecule has 0 bridgehead atoms. The summed E-state index contributed by atoms with van der Waals surface area (Å²) >= 11 is 4.71. The Kier molecular flexibility index (Phi) is 6.83. The fraction of sp³-hybridized carbons (Fsp3) is 0.526. The molecule has 0 radical (unpaired) electrons. The van der Waals surface area contributed by atoms with Crippen molar-refractivity contribution in [3.8, 4) is 0 Å². The van der Waals surface area contributed by atoms with E-state index >= 15 is 0 Å². The molecule has 11 heteroatoms. The highest BCUT2D eigenvalue weighted by Crippen LogP contribution is 2.41. The Hall–Kier alpha value is -1.59. The van der Waals surface area contributed by atoms with E-state index in [4.69, 9.17) is 4.74 Å². The highest BCUT2D eigenvalue weighted by atomic mass is 79.9. The van der Waals surface area contributed by atoms with Gasteiger partial charge in [-0.05, 0) is 45.0 Å². The summed E-state index contributed by atoms with van der Waals surface area (Å²) in [5.74, 6) is -0.282. The summed E-state index contributed by atoms with van der Waals surface area (Å²) in [6.45, 7) is 5.38. The van der Waals surface area contributed by atoms with Gasteiger partial charge in [-0.15, -0.1) is 0 Å². The SMILES string of the molecule is CC(C)(C)OC(=O)NCCC(=O)N=C1S[C@@H]2CS(=O)(=O)C[C@H]2N1c1ccc(Br)cc1. The third-order valence-electron chi connectivity index (χ3n) is 4.40. The number of nitrogens with zero attached hydrogens (tertiary/aromatic N) is 2. The van der Waals surface area contributed by atoms with Crippen LogP contribution in [0.5, 0.6) is 0 Å². The van der Waals surface area contributed by atoms with E-state index < -0.39 is 27.4 Å². The van der Waals surface area contributed by atoms with Crippen molar-refractivity contribution in [2.24, 2.45) is 4.99 Å². The van der Waals surface area contributed by atoms with E-state index in [0.29, 0.717) is 5.17 Å². The van der Waals surface area contributed by atoms with Crippen LogP contribution in [-0.4, -0.2) is 60.5 Å². The Morgan fingerprint density at radius 1 is 1.27 bits per heavy atom. The number of ether oxygens (including phenoxy) is 1. The fourth-order valence-electron chi connectivity index (χ4n) is 3.22.